The van der Waals surface area contributed by atoms with Crippen molar-refractivity contribution in [2.75, 3.05) is 13.7 Å². The minimum Gasteiger partial charge on any atom is -0.481 e. The van der Waals surface area contributed by atoms with Crippen LogP contribution in [0.2, 0.25) is 0 Å². The van der Waals surface area contributed by atoms with Gasteiger partial charge in [0.1, 0.15) is 0 Å². The Hall–Kier alpha value is -1.30. The molecule has 1 aliphatic carbocycles. The Bertz CT molecular complexity index is 343. The number of carbonyl (C=O) groups is 2. The van der Waals surface area contributed by atoms with E-state index in [-0.39, 0.29) is 36.1 Å². The highest BCUT2D eigenvalue weighted by molar-refractivity contribution is 5.75. The van der Waals surface area contributed by atoms with Crippen molar-refractivity contribution in [2.45, 2.75) is 45.3 Å². The smallest absolute Gasteiger partial charge is 0.315 e. The predicted octanol–water partition coefficient (Wildman–Crippen LogP) is 0.964. The van der Waals surface area contributed by atoms with Gasteiger partial charge in [-0.3, -0.25) is 4.79 Å². The summed E-state index contributed by atoms with van der Waals surface area (Å²) in [4.78, 5) is 21.9. The lowest BCUT2D eigenvalue weighted by atomic mass is 9.56. The quantitative estimate of drug-likeness (QED) is 0.685. The number of rotatable bonds is 5. The molecule has 2 amide bonds. The van der Waals surface area contributed by atoms with Crippen molar-refractivity contribution < 1.29 is 19.4 Å². The Morgan fingerprint density at radius 2 is 2.00 bits per heavy atom. The maximum atomic E-state index is 11.6. The molecule has 2 unspecified atom stereocenters. The molecule has 0 bridgehead atoms. The lowest BCUT2D eigenvalue weighted by Gasteiger charge is -2.59. The molecule has 0 aromatic rings. The van der Waals surface area contributed by atoms with Crippen LogP contribution in [0.3, 0.4) is 0 Å². The van der Waals surface area contributed by atoms with E-state index in [0.717, 1.165) is 6.42 Å². The molecule has 0 radical (unpaired) electrons. The van der Waals surface area contributed by atoms with Crippen molar-refractivity contribution in [2.24, 2.45) is 5.41 Å². The average Bonchev–Trinajstić information content (AvgIpc) is 2.27. The third-order valence-electron chi connectivity index (χ3n) is 4.21. The van der Waals surface area contributed by atoms with Crippen molar-refractivity contribution in [3.05, 3.63) is 0 Å². The molecule has 1 fully saturated rings. The number of hydrogen-bond donors (Lipinski definition) is 3. The van der Waals surface area contributed by atoms with Gasteiger partial charge in [0.15, 0.2) is 0 Å². The summed E-state index contributed by atoms with van der Waals surface area (Å²) in [5, 5.41) is 13.8. The van der Waals surface area contributed by atoms with E-state index in [4.69, 9.17) is 9.84 Å². The maximum Gasteiger partial charge on any atom is 0.315 e. The number of nitrogens with one attached hydrogen (secondary N) is 2. The number of carboxylic acid groups (broad SMARTS) is 1. The Labute approximate surface area is 107 Å². The minimum atomic E-state index is -0.925. The monoisotopic (exact) mass is 258 g/mol. The van der Waals surface area contributed by atoms with Gasteiger partial charge in [0.2, 0.25) is 0 Å². The van der Waals surface area contributed by atoms with Gasteiger partial charge in [0, 0.05) is 25.1 Å². The molecule has 3 N–H and O–H groups in total. The van der Waals surface area contributed by atoms with Gasteiger partial charge >= 0.3 is 12.0 Å². The number of hydrogen-bond acceptors (Lipinski definition) is 3. The van der Waals surface area contributed by atoms with Crippen molar-refractivity contribution in [3.63, 3.8) is 0 Å². The minimum absolute atomic E-state index is 0.0345. The van der Waals surface area contributed by atoms with Gasteiger partial charge in [-0.25, -0.2) is 4.79 Å². The number of urea groups is 1. The van der Waals surface area contributed by atoms with Crippen LogP contribution in [0.4, 0.5) is 4.79 Å². The van der Waals surface area contributed by atoms with Gasteiger partial charge in [-0.15, -0.1) is 0 Å². The lowest BCUT2D eigenvalue weighted by molar-refractivity contribution is -0.177. The second kappa shape index (κ2) is 5.14. The van der Waals surface area contributed by atoms with Gasteiger partial charge < -0.3 is 20.5 Å². The fourth-order valence-corrected chi connectivity index (χ4v) is 2.22. The van der Waals surface area contributed by atoms with Crippen LogP contribution in [0.5, 0.6) is 0 Å². The fourth-order valence-electron chi connectivity index (χ4n) is 2.22. The first-order chi connectivity index (χ1) is 8.23. The highest BCUT2D eigenvalue weighted by atomic mass is 16.5. The summed E-state index contributed by atoms with van der Waals surface area (Å²) in [5.74, 6) is -0.925. The molecular weight excluding hydrogens is 236 g/mol. The Morgan fingerprint density at radius 1 is 1.39 bits per heavy atom. The molecule has 0 heterocycles. The summed E-state index contributed by atoms with van der Waals surface area (Å²) in [6, 6.07) is -0.292. The van der Waals surface area contributed by atoms with E-state index in [1.165, 1.54) is 0 Å². The van der Waals surface area contributed by atoms with E-state index >= 15 is 0 Å². The second-order valence-corrected chi connectivity index (χ2v) is 5.46. The van der Waals surface area contributed by atoms with Crippen molar-refractivity contribution in [1.29, 1.82) is 0 Å². The largest absolute Gasteiger partial charge is 0.481 e. The fraction of sp³-hybridized carbons (Fsp3) is 0.833. The van der Waals surface area contributed by atoms with Crippen molar-refractivity contribution >= 4 is 12.0 Å². The molecule has 0 aromatic carbocycles. The van der Waals surface area contributed by atoms with Gasteiger partial charge in [0.05, 0.1) is 12.0 Å². The summed E-state index contributed by atoms with van der Waals surface area (Å²) in [5.41, 5.74) is -0.377. The third-order valence-corrected chi connectivity index (χ3v) is 4.21. The molecule has 1 aliphatic rings. The molecular formula is C12H22N2O4. The molecule has 1 saturated carbocycles. The Morgan fingerprint density at radius 3 is 2.44 bits per heavy atom. The zero-order chi connectivity index (χ0) is 14.0. The first-order valence-electron chi connectivity index (χ1n) is 6.04. The molecule has 1 rings (SSSR count). The lowest BCUT2D eigenvalue weighted by Crippen LogP contribution is -2.69. The zero-order valence-electron chi connectivity index (χ0n) is 11.4. The molecule has 6 nitrogen and oxygen atoms in total. The highest BCUT2D eigenvalue weighted by Crippen LogP contribution is 2.51. The molecule has 6 heteroatoms. The van der Waals surface area contributed by atoms with Gasteiger partial charge in [-0.05, 0) is 13.3 Å². The Balaban J connectivity index is 2.37. The molecule has 0 saturated heterocycles. The summed E-state index contributed by atoms with van der Waals surface area (Å²) in [7, 11) is 1.67. The zero-order valence-corrected chi connectivity index (χ0v) is 11.4. The molecule has 104 valence electrons. The predicted molar refractivity (Wildman–Crippen MR) is 66.4 cm³/mol. The standard InChI is InChI=1S/C12H22N2O4/c1-11(2)8(7-12(11,3)18-4)14-10(17)13-6-5-9(15)16/h8H,5-7H2,1-4H3,(H,15,16)(H2,13,14,17). The van der Waals surface area contributed by atoms with Crippen LogP contribution in [-0.2, 0) is 9.53 Å². The topological polar surface area (TPSA) is 87.7 Å². The molecule has 18 heavy (non-hydrogen) atoms. The number of methoxy groups -OCH3 is 1. The third kappa shape index (κ3) is 2.75. The summed E-state index contributed by atoms with van der Waals surface area (Å²) in [6.07, 6.45) is 0.681. The van der Waals surface area contributed by atoms with Gasteiger partial charge in [-0.1, -0.05) is 13.8 Å². The van der Waals surface area contributed by atoms with Crippen molar-refractivity contribution in [3.8, 4) is 0 Å². The van der Waals surface area contributed by atoms with Gasteiger partial charge in [-0.2, -0.15) is 0 Å². The van der Waals surface area contributed by atoms with Crippen LogP contribution in [0, 0.1) is 5.41 Å². The van der Waals surface area contributed by atoms with Crippen molar-refractivity contribution in [1.82, 2.24) is 10.6 Å². The van der Waals surface area contributed by atoms with Crippen LogP contribution in [0.1, 0.15) is 33.6 Å². The van der Waals surface area contributed by atoms with E-state index in [1.54, 1.807) is 7.11 Å². The van der Waals surface area contributed by atoms with Gasteiger partial charge in [0.25, 0.3) is 0 Å². The van der Waals surface area contributed by atoms with E-state index < -0.39 is 5.97 Å². The first kappa shape index (κ1) is 14.8. The van der Waals surface area contributed by atoms with E-state index in [0.29, 0.717) is 0 Å². The number of ether oxygens (including phenoxy) is 1. The Kier molecular flexibility index (Phi) is 4.21. The summed E-state index contributed by atoms with van der Waals surface area (Å²) >= 11 is 0. The van der Waals surface area contributed by atoms with Crippen LogP contribution in [0.15, 0.2) is 0 Å². The van der Waals surface area contributed by atoms with E-state index in [9.17, 15) is 9.59 Å². The molecule has 0 aromatic heterocycles. The number of carboxylic acids is 1. The van der Waals surface area contributed by atoms with Crippen LogP contribution in [-0.4, -0.2) is 42.4 Å². The normalized spacial score (nSPS) is 29.2. The number of carbonyl (C=O) groups excluding carboxylic acids is 1. The second-order valence-electron chi connectivity index (χ2n) is 5.46. The SMILES string of the molecule is COC1(C)CC(NC(=O)NCCC(=O)O)C1(C)C. The molecule has 0 spiro atoms. The van der Waals surface area contributed by atoms with Crippen LogP contribution in [0.25, 0.3) is 0 Å². The summed E-state index contributed by atoms with van der Waals surface area (Å²) in [6.45, 7) is 6.24. The van der Waals surface area contributed by atoms with Crippen LogP contribution < -0.4 is 10.6 Å². The average molecular weight is 258 g/mol. The first-order valence-corrected chi connectivity index (χ1v) is 6.04. The highest BCUT2D eigenvalue weighted by Gasteiger charge is 2.58. The van der Waals surface area contributed by atoms with Crippen LogP contribution >= 0.6 is 0 Å². The number of aliphatic carboxylic acids is 1. The van der Waals surface area contributed by atoms with E-state index in [2.05, 4.69) is 10.6 Å². The number of amides is 2. The van der Waals surface area contributed by atoms with E-state index in [1.807, 2.05) is 20.8 Å². The molecule has 0 aliphatic heterocycles. The molecule has 2 atom stereocenters. The maximum absolute atomic E-state index is 11.6. The summed E-state index contributed by atoms with van der Waals surface area (Å²) < 4.78 is 5.46.